The lowest BCUT2D eigenvalue weighted by atomic mass is 10.0. The average molecular weight is 373 g/mol. The maximum Gasteiger partial charge on any atom is 0.228 e. The summed E-state index contributed by atoms with van der Waals surface area (Å²) < 4.78 is 2.11. The molecule has 5 nitrogen and oxygen atoms in total. The first-order chi connectivity index (χ1) is 12.8. The number of thiophene rings is 1. The third-order valence-electron chi connectivity index (χ3n) is 5.63. The van der Waals surface area contributed by atoms with Crippen LogP contribution in [0.4, 0.5) is 0 Å². The van der Waals surface area contributed by atoms with Gasteiger partial charge in [-0.05, 0) is 62.3 Å². The summed E-state index contributed by atoms with van der Waals surface area (Å²) in [5, 5.41) is 6.54. The monoisotopic (exact) mass is 372 g/mol. The standard InChI is InChI=1S/C20H28N4OS/c25-20(13-19-5-4-12-26-19)23-14-17(7-11-22-9-2-1-3-10-22)15-24-18(16-23)6-8-21-24/h4-6,8,12,17H,1-3,7,9-11,13-16H2/t17-/m1/s1. The van der Waals surface area contributed by atoms with Crippen LogP contribution in [0.25, 0.3) is 0 Å². The van der Waals surface area contributed by atoms with Gasteiger partial charge in [0.25, 0.3) is 0 Å². The third kappa shape index (κ3) is 4.35. The van der Waals surface area contributed by atoms with Crippen LogP contribution in [0.3, 0.4) is 0 Å². The quantitative estimate of drug-likeness (QED) is 0.810. The molecule has 0 spiro atoms. The molecule has 0 unspecified atom stereocenters. The molecule has 1 atom stereocenters. The van der Waals surface area contributed by atoms with E-state index in [1.807, 2.05) is 17.6 Å². The zero-order valence-corrected chi connectivity index (χ0v) is 16.2. The molecule has 2 aliphatic heterocycles. The number of aromatic nitrogens is 2. The van der Waals surface area contributed by atoms with Gasteiger partial charge in [0, 0.05) is 24.2 Å². The van der Waals surface area contributed by atoms with Gasteiger partial charge < -0.3 is 9.80 Å². The Bertz CT molecular complexity index is 705. The molecule has 4 rings (SSSR count). The maximum atomic E-state index is 12.9. The molecule has 2 aromatic rings. The zero-order chi connectivity index (χ0) is 17.8. The molecule has 1 fully saturated rings. The number of fused-ring (bicyclic) bond motifs is 1. The van der Waals surface area contributed by atoms with Crippen molar-refractivity contribution in [3.8, 4) is 0 Å². The van der Waals surface area contributed by atoms with Crippen LogP contribution < -0.4 is 0 Å². The summed E-state index contributed by atoms with van der Waals surface area (Å²) in [6.45, 7) is 6.08. The van der Waals surface area contributed by atoms with Gasteiger partial charge in [0.2, 0.25) is 5.91 Å². The smallest absolute Gasteiger partial charge is 0.228 e. The molecular formula is C20H28N4OS. The molecule has 0 aromatic carbocycles. The molecule has 1 saturated heterocycles. The Labute approximate surface area is 159 Å². The summed E-state index contributed by atoms with van der Waals surface area (Å²) >= 11 is 1.67. The predicted molar refractivity (Wildman–Crippen MR) is 104 cm³/mol. The van der Waals surface area contributed by atoms with E-state index in [0.29, 0.717) is 18.9 Å². The van der Waals surface area contributed by atoms with Crippen molar-refractivity contribution >= 4 is 17.2 Å². The van der Waals surface area contributed by atoms with Crippen molar-refractivity contribution in [1.82, 2.24) is 19.6 Å². The minimum Gasteiger partial charge on any atom is -0.336 e. The number of amides is 1. The number of carbonyl (C=O) groups is 1. The van der Waals surface area contributed by atoms with Crippen molar-refractivity contribution in [2.75, 3.05) is 26.2 Å². The highest BCUT2D eigenvalue weighted by Crippen LogP contribution is 2.21. The van der Waals surface area contributed by atoms with Gasteiger partial charge in [-0.1, -0.05) is 12.5 Å². The second-order valence-electron chi connectivity index (χ2n) is 7.59. The fraction of sp³-hybridized carbons (Fsp3) is 0.600. The summed E-state index contributed by atoms with van der Waals surface area (Å²) in [7, 11) is 0. The van der Waals surface area contributed by atoms with E-state index in [4.69, 9.17) is 0 Å². The molecule has 0 N–H and O–H groups in total. The van der Waals surface area contributed by atoms with Crippen LogP contribution in [-0.2, 0) is 24.3 Å². The average Bonchev–Trinajstić information content (AvgIpc) is 3.29. The largest absolute Gasteiger partial charge is 0.336 e. The van der Waals surface area contributed by atoms with E-state index in [1.54, 1.807) is 11.3 Å². The molecule has 1 amide bonds. The van der Waals surface area contributed by atoms with Crippen molar-refractivity contribution in [2.24, 2.45) is 5.92 Å². The SMILES string of the molecule is O=C(Cc1cccs1)N1Cc2ccnn2C[C@H](CCN2CCCCC2)C1. The second kappa shape index (κ2) is 8.35. The lowest BCUT2D eigenvalue weighted by Crippen LogP contribution is -2.37. The third-order valence-corrected chi connectivity index (χ3v) is 6.50. The van der Waals surface area contributed by atoms with Gasteiger partial charge in [0.15, 0.2) is 0 Å². The first kappa shape index (κ1) is 17.7. The fourth-order valence-corrected chi connectivity index (χ4v) is 4.82. The second-order valence-corrected chi connectivity index (χ2v) is 8.62. The van der Waals surface area contributed by atoms with Crippen LogP contribution in [-0.4, -0.2) is 51.7 Å². The number of nitrogens with zero attached hydrogens (tertiary/aromatic N) is 4. The first-order valence-electron chi connectivity index (χ1n) is 9.81. The van der Waals surface area contributed by atoms with Crippen LogP contribution in [0.5, 0.6) is 0 Å². The normalized spacial score (nSPS) is 21.4. The zero-order valence-electron chi connectivity index (χ0n) is 15.3. The molecular weight excluding hydrogens is 344 g/mol. The molecule has 0 saturated carbocycles. The van der Waals surface area contributed by atoms with Gasteiger partial charge >= 0.3 is 0 Å². The van der Waals surface area contributed by atoms with Gasteiger partial charge in [-0.15, -0.1) is 11.3 Å². The van der Waals surface area contributed by atoms with E-state index in [-0.39, 0.29) is 5.91 Å². The highest BCUT2D eigenvalue weighted by Gasteiger charge is 2.26. The highest BCUT2D eigenvalue weighted by atomic mass is 32.1. The maximum absolute atomic E-state index is 12.9. The molecule has 26 heavy (non-hydrogen) atoms. The van der Waals surface area contributed by atoms with Crippen LogP contribution in [0.1, 0.15) is 36.3 Å². The predicted octanol–water partition coefficient (Wildman–Crippen LogP) is 3.02. The van der Waals surface area contributed by atoms with Crippen LogP contribution in [0.15, 0.2) is 29.8 Å². The Morgan fingerprint density at radius 3 is 2.88 bits per heavy atom. The molecule has 0 aliphatic carbocycles. The van der Waals surface area contributed by atoms with Crippen LogP contribution in [0.2, 0.25) is 0 Å². The lowest BCUT2D eigenvalue weighted by Gasteiger charge is -2.29. The molecule has 4 heterocycles. The van der Waals surface area contributed by atoms with Crippen LogP contribution >= 0.6 is 11.3 Å². The Morgan fingerprint density at radius 1 is 1.19 bits per heavy atom. The highest BCUT2D eigenvalue weighted by molar-refractivity contribution is 7.10. The number of carbonyl (C=O) groups excluding carboxylic acids is 1. The molecule has 6 heteroatoms. The Balaban J connectivity index is 1.41. The van der Waals surface area contributed by atoms with Gasteiger partial charge in [-0.25, -0.2) is 0 Å². The first-order valence-corrected chi connectivity index (χ1v) is 10.7. The number of hydrogen-bond donors (Lipinski definition) is 0. The number of rotatable bonds is 5. The van der Waals surface area contributed by atoms with Crippen molar-refractivity contribution < 1.29 is 4.79 Å². The van der Waals surface area contributed by atoms with Crippen molar-refractivity contribution in [1.29, 1.82) is 0 Å². The minimum absolute atomic E-state index is 0.241. The van der Waals surface area contributed by atoms with E-state index >= 15 is 0 Å². The summed E-state index contributed by atoms with van der Waals surface area (Å²) in [4.78, 5) is 18.7. The van der Waals surface area contributed by atoms with Gasteiger partial charge in [0.05, 0.1) is 18.7 Å². The van der Waals surface area contributed by atoms with Crippen LogP contribution in [0, 0.1) is 5.92 Å². The molecule has 0 radical (unpaired) electrons. The lowest BCUT2D eigenvalue weighted by molar-refractivity contribution is -0.131. The Hall–Kier alpha value is -1.66. The van der Waals surface area contributed by atoms with Crippen molar-refractivity contribution in [2.45, 2.75) is 45.2 Å². The van der Waals surface area contributed by atoms with E-state index < -0.39 is 0 Å². The van der Waals surface area contributed by atoms with Crippen molar-refractivity contribution in [3.05, 3.63) is 40.3 Å². The van der Waals surface area contributed by atoms with Gasteiger partial charge in [0.1, 0.15) is 0 Å². The van der Waals surface area contributed by atoms with E-state index in [9.17, 15) is 4.79 Å². The number of hydrogen-bond acceptors (Lipinski definition) is 4. The van der Waals surface area contributed by atoms with Gasteiger partial charge in [-0.3, -0.25) is 9.48 Å². The topological polar surface area (TPSA) is 41.4 Å². The Morgan fingerprint density at radius 2 is 2.08 bits per heavy atom. The van der Waals surface area contributed by atoms with Gasteiger partial charge in [-0.2, -0.15) is 5.10 Å². The Kier molecular flexibility index (Phi) is 5.70. The summed E-state index contributed by atoms with van der Waals surface area (Å²) in [6, 6.07) is 6.13. The van der Waals surface area contributed by atoms with E-state index in [0.717, 1.165) is 36.6 Å². The molecule has 2 aromatic heterocycles. The molecule has 2 aliphatic rings. The minimum atomic E-state index is 0.241. The van der Waals surface area contributed by atoms with Crippen molar-refractivity contribution in [3.63, 3.8) is 0 Å². The summed E-state index contributed by atoms with van der Waals surface area (Å²) in [6.07, 6.45) is 7.57. The molecule has 140 valence electrons. The van der Waals surface area contributed by atoms with E-state index in [2.05, 4.69) is 31.7 Å². The number of piperidine rings is 1. The summed E-state index contributed by atoms with van der Waals surface area (Å²) in [5.41, 5.74) is 1.16. The summed E-state index contributed by atoms with van der Waals surface area (Å²) in [5.74, 6) is 0.718. The van der Waals surface area contributed by atoms with E-state index in [1.165, 1.54) is 32.4 Å². The molecule has 0 bridgehead atoms. The number of likely N-dealkylation sites (tertiary alicyclic amines) is 1. The fourth-order valence-electron chi connectivity index (χ4n) is 4.13.